The molecule has 1 saturated heterocycles. The molecule has 110 valence electrons. The van der Waals surface area contributed by atoms with Crippen LogP contribution >= 0.6 is 22.7 Å². The summed E-state index contributed by atoms with van der Waals surface area (Å²) in [6.45, 7) is 1.71. The summed E-state index contributed by atoms with van der Waals surface area (Å²) in [6, 6.07) is 4.00. The van der Waals surface area contributed by atoms with Gasteiger partial charge in [0.1, 0.15) is 0 Å². The zero-order chi connectivity index (χ0) is 14.0. The Bertz CT molecular complexity index is 434. The Labute approximate surface area is 127 Å². The summed E-state index contributed by atoms with van der Waals surface area (Å²) in [5.74, 6) is 0. The second-order valence-electron chi connectivity index (χ2n) is 4.53. The van der Waals surface area contributed by atoms with Crippen LogP contribution in [-0.4, -0.2) is 18.0 Å². The van der Waals surface area contributed by atoms with Crippen LogP contribution in [0.3, 0.4) is 0 Å². The topological polar surface area (TPSA) is 38.7 Å². The minimum absolute atomic E-state index is 0.0358. The molecule has 1 N–H and O–H groups in total. The van der Waals surface area contributed by atoms with E-state index >= 15 is 0 Å². The highest BCUT2D eigenvalue weighted by Gasteiger charge is 2.13. The van der Waals surface area contributed by atoms with Crippen molar-refractivity contribution in [1.29, 1.82) is 0 Å². The van der Waals surface area contributed by atoms with Gasteiger partial charge in [0.25, 0.3) is 0 Å². The van der Waals surface area contributed by atoms with E-state index in [1.54, 1.807) is 22.7 Å². The van der Waals surface area contributed by atoms with E-state index in [-0.39, 0.29) is 12.9 Å². The molecule has 20 heavy (non-hydrogen) atoms. The van der Waals surface area contributed by atoms with E-state index in [4.69, 9.17) is 14.6 Å². The minimum atomic E-state index is 0.0358. The number of hydrogen-bond donors (Lipinski definition) is 1. The quantitative estimate of drug-likeness (QED) is 0.926. The zero-order valence-corrected chi connectivity index (χ0v) is 13.0. The van der Waals surface area contributed by atoms with Crippen LogP contribution in [0.2, 0.25) is 0 Å². The van der Waals surface area contributed by atoms with Crippen molar-refractivity contribution in [2.75, 3.05) is 6.61 Å². The standard InChI is InChI=1S/C10H14O2S.C5H6OS/c1-2-5-11-10(3-1)12-7-9-4-6-13-8-9;6-3-5-1-2-7-4-5/h4,6,8,10H,1-3,5,7H2;1-2,4,6H,3H2. The van der Waals surface area contributed by atoms with Crippen molar-refractivity contribution < 1.29 is 14.6 Å². The summed E-state index contributed by atoms with van der Waals surface area (Å²) in [4.78, 5) is 0. The lowest BCUT2D eigenvalue weighted by Crippen LogP contribution is -2.21. The van der Waals surface area contributed by atoms with Crippen LogP contribution in [0.1, 0.15) is 30.4 Å². The van der Waals surface area contributed by atoms with Crippen LogP contribution in [0.15, 0.2) is 33.7 Å². The maximum Gasteiger partial charge on any atom is 0.158 e. The third-order valence-electron chi connectivity index (χ3n) is 2.92. The average molecular weight is 312 g/mol. The molecule has 0 radical (unpaired) electrons. The third-order valence-corrected chi connectivity index (χ3v) is 4.38. The van der Waals surface area contributed by atoms with Crippen LogP contribution in [0.5, 0.6) is 0 Å². The highest BCUT2D eigenvalue weighted by molar-refractivity contribution is 7.08. The van der Waals surface area contributed by atoms with Gasteiger partial charge in [-0.3, -0.25) is 0 Å². The average Bonchev–Trinajstić information content (AvgIpc) is 3.20. The molecule has 0 aromatic carbocycles. The Morgan fingerprint density at radius 2 is 1.90 bits per heavy atom. The summed E-state index contributed by atoms with van der Waals surface area (Å²) in [5.41, 5.74) is 2.25. The number of hydrogen-bond acceptors (Lipinski definition) is 5. The molecule has 3 rings (SSSR count). The van der Waals surface area contributed by atoms with Gasteiger partial charge >= 0.3 is 0 Å². The van der Waals surface area contributed by atoms with E-state index in [1.165, 1.54) is 18.4 Å². The van der Waals surface area contributed by atoms with Crippen LogP contribution in [-0.2, 0) is 22.7 Å². The number of thiophene rings is 2. The van der Waals surface area contributed by atoms with Gasteiger partial charge in [0.15, 0.2) is 6.29 Å². The summed E-state index contributed by atoms with van der Waals surface area (Å²) in [5, 5.41) is 16.5. The van der Waals surface area contributed by atoms with Crippen molar-refractivity contribution in [3.63, 3.8) is 0 Å². The van der Waals surface area contributed by atoms with E-state index in [2.05, 4.69) is 16.8 Å². The Balaban J connectivity index is 0.000000178. The maximum atomic E-state index is 8.43. The molecule has 2 aromatic rings. The Kier molecular flexibility index (Phi) is 7.25. The van der Waals surface area contributed by atoms with Gasteiger partial charge in [0, 0.05) is 6.61 Å². The van der Waals surface area contributed by atoms with Gasteiger partial charge in [-0.1, -0.05) is 0 Å². The smallest absolute Gasteiger partial charge is 0.158 e. The molecule has 1 aliphatic rings. The van der Waals surface area contributed by atoms with Crippen molar-refractivity contribution in [1.82, 2.24) is 0 Å². The molecule has 0 saturated carbocycles. The van der Waals surface area contributed by atoms with Crippen molar-refractivity contribution in [2.45, 2.75) is 38.8 Å². The molecule has 1 fully saturated rings. The first-order chi connectivity index (χ1) is 9.88. The minimum Gasteiger partial charge on any atom is -0.392 e. The van der Waals surface area contributed by atoms with E-state index in [0.717, 1.165) is 18.6 Å². The lowest BCUT2D eigenvalue weighted by molar-refractivity contribution is -0.168. The third kappa shape index (κ3) is 5.73. The van der Waals surface area contributed by atoms with Gasteiger partial charge in [0.05, 0.1) is 13.2 Å². The normalized spacial score (nSPS) is 18.4. The molecule has 5 heteroatoms. The van der Waals surface area contributed by atoms with Crippen LogP contribution in [0, 0.1) is 0 Å². The van der Waals surface area contributed by atoms with E-state index in [9.17, 15) is 0 Å². The molecule has 1 atom stereocenters. The van der Waals surface area contributed by atoms with Crippen LogP contribution < -0.4 is 0 Å². The van der Waals surface area contributed by atoms with E-state index < -0.39 is 0 Å². The van der Waals surface area contributed by atoms with Gasteiger partial charge in [-0.2, -0.15) is 22.7 Å². The molecule has 0 bridgehead atoms. The molecule has 0 aliphatic carbocycles. The highest BCUT2D eigenvalue weighted by atomic mass is 32.1. The number of aliphatic hydroxyl groups is 1. The molecule has 3 nitrogen and oxygen atoms in total. The Morgan fingerprint density at radius 1 is 1.15 bits per heavy atom. The van der Waals surface area contributed by atoms with Gasteiger partial charge in [-0.25, -0.2) is 0 Å². The fraction of sp³-hybridized carbons (Fsp3) is 0.467. The molecule has 3 heterocycles. The van der Waals surface area contributed by atoms with E-state index in [1.807, 2.05) is 16.8 Å². The first-order valence-corrected chi connectivity index (χ1v) is 8.63. The van der Waals surface area contributed by atoms with Crippen molar-refractivity contribution >= 4 is 22.7 Å². The fourth-order valence-corrected chi connectivity index (χ4v) is 3.10. The lowest BCUT2D eigenvalue weighted by atomic mass is 10.2. The Hall–Kier alpha value is -0.720. The number of rotatable bonds is 4. The van der Waals surface area contributed by atoms with Crippen molar-refractivity contribution in [3.8, 4) is 0 Å². The summed E-state index contributed by atoms with van der Waals surface area (Å²) >= 11 is 3.31. The molecule has 2 aromatic heterocycles. The second kappa shape index (κ2) is 9.26. The number of aliphatic hydroxyl groups excluding tert-OH is 1. The monoisotopic (exact) mass is 312 g/mol. The molecular weight excluding hydrogens is 292 g/mol. The number of ether oxygens (including phenoxy) is 2. The van der Waals surface area contributed by atoms with Crippen molar-refractivity contribution in [2.24, 2.45) is 0 Å². The van der Waals surface area contributed by atoms with Gasteiger partial charge in [0.2, 0.25) is 0 Å². The molecule has 0 spiro atoms. The summed E-state index contributed by atoms with van der Waals surface area (Å²) in [7, 11) is 0. The van der Waals surface area contributed by atoms with Crippen LogP contribution in [0.25, 0.3) is 0 Å². The fourth-order valence-electron chi connectivity index (χ4n) is 1.79. The SMILES string of the molecule is OCc1ccsc1.c1cc(COC2CCCCO2)cs1. The summed E-state index contributed by atoms with van der Waals surface area (Å²) < 4.78 is 11.1. The summed E-state index contributed by atoms with van der Waals surface area (Å²) in [6.07, 6.45) is 3.49. The molecule has 1 aliphatic heterocycles. The van der Waals surface area contributed by atoms with Gasteiger partial charge in [-0.05, 0) is 64.0 Å². The van der Waals surface area contributed by atoms with E-state index in [0.29, 0.717) is 6.61 Å². The molecule has 0 amide bonds. The van der Waals surface area contributed by atoms with Crippen LogP contribution in [0.4, 0.5) is 0 Å². The first kappa shape index (κ1) is 15.7. The first-order valence-electron chi connectivity index (χ1n) is 6.74. The largest absolute Gasteiger partial charge is 0.392 e. The predicted octanol–water partition coefficient (Wildman–Crippen LogP) is 4.03. The Morgan fingerprint density at radius 3 is 2.40 bits per heavy atom. The maximum absolute atomic E-state index is 8.43. The molecule has 1 unspecified atom stereocenters. The lowest BCUT2D eigenvalue weighted by Gasteiger charge is -2.22. The zero-order valence-electron chi connectivity index (χ0n) is 11.4. The van der Waals surface area contributed by atoms with Crippen molar-refractivity contribution in [3.05, 3.63) is 44.8 Å². The highest BCUT2D eigenvalue weighted by Crippen LogP contribution is 2.16. The van der Waals surface area contributed by atoms with Gasteiger partial charge in [-0.15, -0.1) is 0 Å². The van der Waals surface area contributed by atoms with Gasteiger partial charge < -0.3 is 14.6 Å². The predicted molar refractivity (Wildman–Crippen MR) is 82.9 cm³/mol. The molecular formula is C15H20O3S2. The second-order valence-corrected chi connectivity index (χ2v) is 6.09.